The lowest BCUT2D eigenvalue weighted by Gasteiger charge is -2.06. The quantitative estimate of drug-likeness (QED) is 0.383. The summed E-state index contributed by atoms with van der Waals surface area (Å²) in [6.07, 6.45) is 0.845. The van der Waals surface area contributed by atoms with E-state index in [0.717, 1.165) is 33.8 Å². The van der Waals surface area contributed by atoms with Crippen LogP contribution < -0.4 is 10.4 Å². The van der Waals surface area contributed by atoms with Gasteiger partial charge < -0.3 is 0 Å². The second kappa shape index (κ2) is 9.05. The number of nitrogens with one attached hydrogen (secondary N) is 1. The number of rotatable bonds is 6. The Labute approximate surface area is 199 Å². The van der Waals surface area contributed by atoms with Gasteiger partial charge in [0.05, 0.1) is 11.4 Å². The third-order valence-electron chi connectivity index (χ3n) is 5.10. The van der Waals surface area contributed by atoms with Crippen molar-refractivity contribution in [3.63, 3.8) is 0 Å². The average molecular weight is 473 g/mol. The molecule has 1 amide bonds. The Bertz CT molecular complexity index is 1360. The molecule has 1 N–H and O–H groups in total. The van der Waals surface area contributed by atoms with Crippen LogP contribution >= 0.6 is 22.7 Å². The molecule has 0 saturated heterocycles. The van der Waals surface area contributed by atoms with Gasteiger partial charge in [-0.3, -0.25) is 10.2 Å². The van der Waals surface area contributed by atoms with Crippen LogP contribution in [0.3, 0.4) is 0 Å². The summed E-state index contributed by atoms with van der Waals surface area (Å²) < 4.78 is 0. The molecule has 7 nitrogen and oxygen atoms in total. The molecule has 164 valence electrons. The molecule has 0 saturated carbocycles. The Morgan fingerprint density at radius 1 is 1.00 bits per heavy atom. The van der Waals surface area contributed by atoms with E-state index in [0.29, 0.717) is 16.0 Å². The number of carbonyl (C=O) groups excluding carboxylic acids is 1. The summed E-state index contributed by atoms with van der Waals surface area (Å²) >= 11 is 2.88. The van der Waals surface area contributed by atoms with Crippen LogP contribution in [0.4, 0.5) is 10.3 Å². The fourth-order valence-corrected chi connectivity index (χ4v) is 5.05. The number of carbonyl (C=O) groups is 1. The van der Waals surface area contributed by atoms with Crippen LogP contribution in [-0.2, 0) is 11.2 Å². The molecule has 2 aromatic carbocycles. The van der Waals surface area contributed by atoms with Crippen LogP contribution in [0.5, 0.6) is 0 Å². The number of aryl methyl sites for hydroxylation is 2. The van der Waals surface area contributed by atoms with Gasteiger partial charge in [0.2, 0.25) is 10.3 Å². The Hall–Kier alpha value is -3.69. The van der Waals surface area contributed by atoms with Crippen molar-refractivity contribution in [2.24, 2.45) is 10.2 Å². The Balaban J connectivity index is 1.49. The number of hydrogen-bond acceptors (Lipinski definition) is 8. The molecule has 33 heavy (non-hydrogen) atoms. The molecule has 0 fully saturated rings. The predicted octanol–water partition coefficient (Wildman–Crippen LogP) is 5.36. The average Bonchev–Trinajstić information content (AvgIpc) is 3.56. The van der Waals surface area contributed by atoms with Crippen LogP contribution in [0.1, 0.15) is 23.1 Å². The van der Waals surface area contributed by atoms with Crippen LogP contribution in [0.15, 0.2) is 76.2 Å². The minimum absolute atomic E-state index is 0.226. The van der Waals surface area contributed by atoms with Crippen LogP contribution in [0.25, 0.3) is 11.3 Å². The predicted molar refractivity (Wildman–Crippen MR) is 135 cm³/mol. The van der Waals surface area contributed by atoms with E-state index in [2.05, 4.69) is 32.5 Å². The number of aromatic nitrogens is 2. The van der Waals surface area contributed by atoms with E-state index >= 15 is 0 Å². The first-order valence-corrected chi connectivity index (χ1v) is 12.1. The van der Waals surface area contributed by atoms with Crippen LogP contribution in [-0.4, -0.2) is 27.3 Å². The molecule has 0 atom stereocenters. The molecule has 2 aromatic heterocycles. The standard InChI is InChI=1S/C24H20N6OS2/c1-3-18-15(2)33-23(25-18)28-27-21-20(17-12-8-5-9-13-17)29-30(22(21)31)24-26-19(14-32-24)16-10-6-4-7-11-16/h4-14H,3H2,1-2H3,(H,25,28)/b27-21-. The van der Waals surface area contributed by atoms with Gasteiger partial charge in [0.1, 0.15) is 5.71 Å². The van der Waals surface area contributed by atoms with Gasteiger partial charge in [-0.1, -0.05) is 67.6 Å². The maximum atomic E-state index is 13.4. The van der Waals surface area contributed by atoms with E-state index in [1.807, 2.05) is 73.0 Å². The van der Waals surface area contributed by atoms with E-state index < -0.39 is 0 Å². The zero-order valence-corrected chi connectivity index (χ0v) is 19.7. The van der Waals surface area contributed by atoms with Gasteiger partial charge in [-0.25, -0.2) is 9.97 Å². The van der Waals surface area contributed by atoms with Gasteiger partial charge >= 0.3 is 5.91 Å². The van der Waals surface area contributed by atoms with Gasteiger partial charge in [-0.15, -0.1) is 22.7 Å². The molecular weight excluding hydrogens is 452 g/mol. The minimum atomic E-state index is -0.334. The molecule has 3 heterocycles. The normalized spacial score (nSPS) is 14.7. The zero-order chi connectivity index (χ0) is 22.8. The van der Waals surface area contributed by atoms with Crippen molar-refractivity contribution in [3.05, 3.63) is 82.2 Å². The molecule has 5 rings (SSSR count). The summed E-state index contributed by atoms with van der Waals surface area (Å²) in [5, 5.41) is 13.4. The first kappa shape index (κ1) is 21.2. The second-order valence-electron chi connectivity index (χ2n) is 7.26. The highest BCUT2D eigenvalue weighted by Gasteiger charge is 2.35. The lowest BCUT2D eigenvalue weighted by molar-refractivity contribution is -0.112. The minimum Gasteiger partial charge on any atom is -0.265 e. The van der Waals surface area contributed by atoms with Gasteiger partial charge in [0, 0.05) is 21.4 Å². The number of hydrazone groups is 2. The maximum absolute atomic E-state index is 13.4. The molecule has 0 spiro atoms. The molecule has 1 aliphatic rings. The molecule has 1 aliphatic heterocycles. The summed E-state index contributed by atoms with van der Waals surface area (Å²) in [4.78, 5) is 23.7. The summed E-state index contributed by atoms with van der Waals surface area (Å²) in [6.45, 7) is 4.09. The monoisotopic (exact) mass is 472 g/mol. The Morgan fingerprint density at radius 2 is 1.70 bits per heavy atom. The molecule has 0 aliphatic carbocycles. The topological polar surface area (TPSA) is 82.8 Å². The summed E-state index contributed by atoms with van der Waals surface area (Å²) in [5.74, 6) is -0.334. The number of anilines is 2. The van der Waals surface area contributed by atoms with E-state index in [1.165, 1.54) is 27.7 Å². The van der Waals surface area contributed by atoms with E-state index in [4.69, 9.17) is 0 Å². The first-order valence-electron chi connectivity index (χ1n) is 10.4. The van der Waals surface area contributed by atoms with Crippen molar-refractivity contribution < 1.29 is 4.79 Å². The highest BCUT2D eigenvalue weighted by atomic mass is 32.1. The van der Waals surface area contributed by atoms with Crippen molar-refractivity contribution in [2.75, 3.05) is 10.4 Å². The zero-order valence-electron chi connectivity index (χ0n) is 18.0. The Morgan fingerprint density at radius 3 is 2.36 bits per heavy atom. The second-order valence-corrected chi connectivity index (χ2v) is 9.30. The largest absolute Gasteiger partial charge is 0.303 e. The van der Waals surface area contributed by atoms with Crippen molar-refractivity contribution in [1.29, 1.82) is 0 Å². The van der Waals surface area contributed by atoms with E-state index in [9.17, 15) is 4.79 Å². The summed E-state index contributed by atoms with van der Waals surface area (Å²) in [7, 11) is 0. The first-order chi connectivity index (χ1) is 16.1. The van der Waals surface area contributed by atoms with Gasteiger partial charge in [0.15, 0.2) is 5.71 Å². The SMILES string of the molecule is CCc1nc(N/N=C2\C(=O)N(c3nc(-c4ccccc4)cs3)N=C2c2ccccc2)sc1C. The number of amides is 1. The van der Waals surface area contributed by atoms with Gasteiger partial charge in [0.25, 0.3) is 0 Å². The molecular formula is C24H20N6OS2. The summed E-state index contributed by atoms with van der Waals surface area (Å²) in [6, 6.07) is 19.4. The molecule has 9 heteroatoms. The highest BCUT2D eigenvalue weighted by molar-refractivity contribution is 7.15. The Kier molecular flexibility index (Phi) is 5.80. The van der Waals surface area contributed by atoms with Crippen molar-refractivity contribution >= 4 is 50.3 Å². The van der Waals surface area contributed by atoms with Crippen molar-refractivity contribution in [1.82, 2.24) is 9.97 Å². The third kappa shape index (κ3) is 4.20. The molecule has 4 aromatic rings. The van der Waals surface area contributed by atoms with Crippen molar-refractivity contribution in [2.45, 2.75) is 20.3 Å². The van der Waals surface area contributed by atoms with Crippen molar-refractivity contribution in [3.8, 4) is 11.3 Å². The van der Waals surface area contributed by atoms with Gasteiger partial charge in [-0.2, -0.15) is 15.2 Å². The number of benzene rings is 2. The maximum Gasteiger partial charge on any atom is 0.303 e. The molecule has 0 bridgehead atoms. The number of thiazole rings is 2. The third-order valence-corrected chi connectivity index (χ3v) is 6.83. The molecule has 0 unspecified atom stereocenters. The molecule has 0 radical (unpaired) electrons. The number of nitrogens with zero attached hydrogens (tertiary/aromatic N) is 5. The van der Waals surface area contributed by atoms with Crippen LogP contribution in [0, 0.1) is 6.92 Å². The number of hydrogen-bond donors (Lipinski definition) is 1. The fraction of sp³-hybridized carbons (Fsp3) is 0.125. The van der Waals surface area contributed by atoms with Crippen LogP contribution in [0.2, 0.25) is 0 Å². The lowest BCUT2D eigenvalue weighted by Crippen LogP contribution is -2.28. The summed E-state index contributed by atoms with van der Waals surface area (Å²) in [5.41, 5.74) is 7.30. The van der Waals surface area contributed by atoms with E-state index in [-0.39, 0.29) is 11.6 Å². The highest BCUT2D eigenvalue weighted by Crippen LogP contribution is 2.30. The lowest BCUT2D eigenvalue weighted by atomic mass is 10.1. The van der Waals surface area contributed by atoms with Gasteiger partial charge in [-0.05, 0) is 13.3 Å². The van der Waals surface area contributed by atoms with E-state index in [1.54, 1.807) is 0 Å². The smallest absolute Gasteiger partial charge is 0.265 e. The fourth-order valence-electron chi connectivity index (χ4n) is 3.43.